The number of benzene rings is 1. The van der Waals surface area contributed by atoms with Crippen LogP contribution < -0.4 is 10.6 Å². The van der Waals surface area contributed by atoms with E-state index in [9.17, 15) is 4.79 Å². The quantitative estimate of drug-likeness (QED) is 0.837. The number of nitrogens with zero attached hydrogens (tertiary/aromatic N) is 2. The molecule has 0 aliphatic carbocycles. The highest BCUT2D eigenvalue weighted by molar-refractivity contribution is 6.42. The Balaban J connectivity index is 1.83. The van der Waals surface area contributed by atoms with Crippen LogP contribution in [0.4, 0.5) is 11.5 Å². The number of para-hydroxylation sites is 1. The molecule has 1 aliphatic rings. The van der Waals surface area contributed by atoms with Crippen LogP contribution in [0.15, 0.2) is 30.6 Å². The molecule has 2 heterocycles. The third-order valence-electron chi connectivity index (χ3n) is 3.14. The first kappa shape index (κ1) is 13.1. The number of nitrogens with one attached hydrogen (secondary N) is 2. The van der Waals surface area contributed by atoms with Crippen molar-refractivity contribution in [1.82, 2.24) is 9.97 Å². The predicted octanol–water partition coefficient (Wildman–Crippen LogP) is 2.93. The van der Waals surface area contributed by atoms with E-state index >= 15 is 0 Å². The normalized spacial score (nSPS) is 16.4. The molecule has 20 heavy (non-hydrogen) atoms. The molecule has 0 saturated carbocycles. The number of fused-ring (bicyclic) bond motifs is 1. The summed E-state index contributed by atoms with van der Waals surface area (Å²) in [5.41, 5.74) is 1.93. The van der Waals surface area contributed by atoms with Gasteiger partial charge in [0, 0.05) is 12.2 Å². The fourth-order valence-corrected chi connectivity index (χ4v) is 2.44. The molecule has 102 valence electrons. The molecule has 1 amide bonds. The second kappa shape index (κ2) is 5.26. The average Bonchev–Trinajstić information content (AvgIpc) is 2.88. The van der Waals surface area contributed by atoms with E-state index in [1.807, 2.05) is 24.3 Å². The Hall–Kier alpha value is -1.85. The molecule has 1 atom stereocenters. The van der Waals surface area contributed by atoms with Gasteiger partial charge in [0.2, 0.25) is 5.91 Å². The monoisotopic (exact) mass is 308 g/mol. The third-order valence-corrected chi connectivity index (χ3v) is 3.88. The molecular weight excluding hydrogens is 299 g/mol. The molecule has 3 rings (SSSR count). The van der Waals surface area contributed by atoms with Gasteiger partial charge in [0.25, 0.3) is 0 Å². The largest absolute Gasteiger partial charge is 0.384 e. The van der Waals surface area contributed by atoms with Gasteiger partial charge in [-0.1, -0.05) is 41.4 Å². The SMILES string of the molecule is O=C(Nc1ncnc(Cl)c1Cl)C1CNc2ccccc21. The minimum atomic E-state index is -0.281. The number of carbonyl (C=O) groups is 1. The van der Waals surface area contributed by atoms with Crippen molar-refractivity contribution >= 4 is 40.6 Å². The van der Waals surface area contributed by atoms with Crippen LogP contribution in [0.2, 0.25) is 10.2 Å². The molecule has 0 fully saturated rings. The van der Waals surface area contributed by atoms with Crippen molar-refractivity contribution in [2.45, 2.75) is 5.92 Å². The van der Waals surface area contributed by atoms with Crippen molar-refractivity contribution in [1.29, 1.82) is 0 Å². The standard InChI is InChI=1S/C13H10Cl2N4O/c14-10-11(15)17-6-18-12(10)19-13(20)8-5-16-9-4-2-1-3-7(8)9/h1-4,6,8,16H,5H2,(H,17,18,19,20). The zero-order chi connectivity index (χ0) is 14.1. The molecule has 2 aromatic rings. The van der Waals surface area contributed by atoms with E-state index in [4.69, 9.17) is 23.2 Å². The smallest absolute Gasteiger partial charge is 0.234 e. The van der Waals surface area contributed by atoms with Crippen molar-refractivity contribution in [2.24, 2.45) is 0 Å². The summed E-state index contributed by atoms with van der Waals surface area (Å²) in [5, 5.41) is 6.13. The number of aromatic nitrogens is 2. The van der Waals surface area contributed by atoms with Gasteiger partial charge in [-0.25, -0.2) is 9.97 Å². The van der Waals surface area contributed by atoms with Crippen LogP contribution in [0, 0.1) is 0 Å². The maximum Gasteiger partial charge on any atom is 0.234 e. The first-order chi connectivity index (χ1) is 9.66. The van der Waals surface area contributed by atoms with E-state index in [1.165, 1.54) is 6.33 Å². The Labute approximate surface area is 125 Å². The fraction of sp³-hybridized carbons (Fsp3) is 0.154. The molecule has 0 bridgehead atoms. The van der Waals surface area contributed by atoms with E-state index in [1.54, 1.807) is 0 Å². The van der Waals surface area contributed by atoms with Crippen molar-refractivity contribution in [2.75, 3.05) is 17.2 Å². The number of anilines is 2. The molecule has 0 spiro atoms. The zero-order valence-corrected chi connectivity index (χ0v) is 11.7. The Morgan fingerprint density at radius 2 is 2.10 bits per heavy atom. The summed E-state index contributed by atoms with van der Waals surface area (Å²) >= 11 is 11.7. The second-order valence-corrected chi connectivity index (χ2v) is 5.07. The van der Waals surface area contributed by atoms with Crippen LogP contribution in [-0.2, 0) is 4.79 Å². The summed E-state index contributed by atoms with van der Waals surface area (Å²) in [7, 11) is 0. The molecular formula is C13H10Cl2N4O. The lowest BCUT2D eigenvalue weighted by Gasteiger charge is -2.11. The van der Waals surface area contributed by atoms with E-state index in [2.05, 4.69) is 20.6 Å². The van der Waals surface area contributed by atoms with Gasteiger partial charge < -0.3 is 10.6 Å². The van der Waals surface area contributed by atoms with Crippen LogP contribution >= 0.6 is 23.2 Å². The molecule has 1 aromatic heterocycles. The molecule has 1 aromatic carbocycles. The summed E-state index contributed by atoms with van der Waals surface area (Å²) in [6.07, 6.45) is 1.25. The maximum atomic E-state index is 12.3. The van der Waals surface area contributed by atoms with Crippen LogP contribution in [-0.4, -0.2) is 22.4 Å². The molecule has 1 unspecified atom stereocenters. The lowest BCUT2D eigenvalue weighted by molar-refractivity contribution is -0.117. The van der Waals surface area contributed by atoms with Gasteiger partial charge in [-0.05, 0) is 11.6 Å². The van der Waals surface area contributed by atoms with Crippen LogP contribution in [0.5, 0.6) is 0 Å². The zero-order valence-electron chi connectivity index (χ0n) is 10.2. The van der Waals surface area contributed by atoms with Gasteiger partial charge in [-0.2, -0.15) is 0 Å². The van der Waals surface area contributed by atoms with Crippen molar-refractivity contribution in [3.63, 3.8) is 0 Å². The molecule has 2 N–H and O–H groups in total. The highest BCUT2D eigenvalue weighted by atomic mass is 35.5. The van der Waals surface area contributed by atoms with Crippen LogP contribution in [0.3, 0.4) is 0 Å². The average molecular weight is 309 g/mol. The van der Waals surface area contributed by atoms with Gasteiger partial charge >= 0.3 is 0 Å². The van der Waals surface area contributed by atoms with E-state index in [0.29, 0.717) is 6.54 Å². The van der Waals surface area contributed by atoms with Crippen molar-refractivity contribution < 1.29 is 4.79 Å². The number of halogens is 2. The lowest BCUT2D eigenvalue weighted by Crippen LogP contribution is -2.23. The van der Waals surface area contributed by atoms with Gasteiger partial charge in [0.05, 0.1) is 5.92 Å². The third kappa shape index (κ3) is 2.30. The number of hydrogen-bond donors (Lipinski definition) is 2. The summed E-state index contributed by atoms with van der Waals surface area (Å²) in [6.45, 7) is 0.543. The number of amides is 1. The van der Waals surface area contributed by atoms with Gasteiger partial charge in [-0.3, -0.25) is 4.79 Å². The van der Waals surface area contributed by atoms with Gasteiger partial charge in [0.15, 0.2) is 11.0 Å². The molecule has 5 nitrogen and oxygen atoms in total. The lowest BCUT2D eigenvalue weighted by atomic mass is 10.0. The first-order valence-electron chi connectivity index (χ1n) is 5.96. The highest BCUT2D eigenvalue weighted by Crippen LogP contribution is 2.33. The summed E-state index contributed by atoms with van der Waals surface area (Å²) in [6, 6.07) is 7.69. The summed E-state index contributed by atoms with van der Waals surface area (Å²) in [5.74, 6) is -0.240. The molecule has 1 aliphatic heterocycles. The number of hydrogen-bond acceptors (Lipinski definition) is 4. The maximum absolute atomic E-state index is 12.3. The molecule has 0 saturated heterocycles. The van der Waals surface area contributed by atoms with E-state index in [0.717, 1.165) is 11.3 Å². The van der Waals surface area contributed by atoms with Crippen molar-refractivity contribution in [3.8, 4) is 0 Å². The second-order valence-electron chi connectivity index (χ2n) is 4.34. The fourth-order valence-electron chi connectivity index (χ4n) is 2.16. The predicted molar refractivity (Wildman–Crippen MR) is 78.4 cm³/mol. The summed E-state index contributed by atoms with van der Waals surface area (Å²) < 4.78 is 0. The number of carbonyl (C=O) groups excluding carboxylic acids is 1. The minimum Gasteiger partial charge on any atom is -0.384 e. The van der Waals surface area contributed by atoms with E-state index < -0.39 is 0 Å². The Morgan fingerprint density at radius 1 is 1.30 bits per heavy atom. The first-order valence-corrected chi connectivity index (χ1v) is 6.72. The minimum absolute atomic E-state index is 0.113. The Bertz CT molecular complexity index is 677. The van der Waals surface area contributed by atoms with Crippen LogP contribution in [0.25, 0.3) is 0 Å². The van der Waals surface area contributed by atoms with Crippen molar-refractivity contribution in [3.05, 3.63) is 46.3 Å². The Morgan fingerprint density at radius 3 is 2.95 bits per heavy atom. The topological polar surface area (TPSA) is 66.9 Å². The van der Waals surface area contributed by atoms with Gasteiger partial charge in [0.1, 0.15) is 11.3 Å². The highest BCUT2D eigenvalue weighted by Gasteiger charge is 2.28. The van der Waals surface area contributed by atoms with Crippen LogP contribution in [0.1, 0.15) is 11.5 Å². The number of rotatable bonds is 2. The van der Waals surface area contributed by atoms with Gasteiger partial charge in [-0.15, -0.1) is 0 Å². The molecule has 7 heteroatoms. The summed E-state index contributed by atoms with van der Waals surface area (Å²) in [4.78, 5) is 20.0. The van der Waals surface area contributed by atoms with E-state index in [-0.39, 0.29) is 27.8 Å². The molecule has 0 radical (unpaired) electrons. The Kier molecular flexibility index (Phi) is 3.46.